The number of carbonyl (C=O) groups is 1. The zero-order chi connectivity index (χ0) is 23.2. The molecular formula is C22H22F3N7O. The molecule has 172 valence electrons. The lowest BCUT2D eigenvalue weighted by Gasteiger charge is -2.29. The fourth-order valence-corrected chi connectivity index (χ4v) is 3.80. The van der Waals surface area contributed by atoms with Gasteiger partial charge in [-0.1, -0.05) is 0 Å². The summed E-state index contributed by atoms with van der Waals surface area (Å²) in [6.07, 6.45) is 3.37. The van der Waals surface area contributed by atoms with E-state index in [2.05, 4.69) is 25.0 Å². The van der Waals surface area contributed by atoms with Gasteiger partial charge in [0, 0.05) is 36.1 Å². The van der Waals surface area contributed by atoms with E-state index in [0.717, 1.165) is 31.7 Å². The standard InChI is InChI=1S/C22H22F3N7O/c1-13(19-28-12-29-32(19)21-26-7-2-8-27-21)31(11-14-3-4-14)20(33)16-9-17(15-5-6-15)30-18(10-16)22(23,24)25/h2,7-10,12-15H,3-6,11H2,1H3. The zero-order valence-corrected chi connectivity index (χ0v) is 17.9. The summed E-state index contributed by atoms with van der Waals surface area (Å²) in [6, 6.07) is 3.47. The number of hydrogen-bond donors (Lipinski definition) is 0. The molecule has 5 rings (SSSR count). The summed E-state index contributed by atoms with van der Waals surface area (Å²) in [5, 5.41) is 4.19. The highest BCUT2D eigenvalue weighted by Gasteiger charge is 2.38. The predicted molar refractivity (Wildman–Crippen MR) is 110 cm³/mol. The van der Waals surface area contributed by atoms with Crippen molar-refractivity contribution in [2.45, 2.75) is 50.7 Å². The van der Waals surface area contributed by atoms with Gasteiger partial charge in [-0.3, -0.25) is 4.79 Å². The van der Waals surface area contributed by atoms with Gasteiger partial charge >= 0.3 is 6.18 Å². The van der Waals surface area contributed by atoms with Crippen LogP contribution in [0.3, 0.4) is 0 Å². The Morgan fingerprint density at radius 2 is 1.88 bits per heavy atom. The molecule has 1 amide bonds. The van der Waals surface area contributed by atoms with Crippen molar-refractivity contribution < 1.29 is 18.0 Å². The molecule has 2 aliphatic rings. The molecule has 2 fully saturated rings. The van der Waals surface area contributed by atoms with Crippen molar-refractivity contribution in [2.24, 2.45) is 5.92 Å². The van der Waals surface area contributed by atoms with E-state index in [4.69, 9.17) is 0 Å². The van der Waals surface area contributed by atoms with Gasteiger partial charge in [-0.05, 0) is 56.7 Å². The van der Waals surface area contributed by atoms with Crippen molar-refractivity contribution in [2.75, 3.05) is 6.54 Å². The second-order valence-corrected chi connectivity index (χ2v) is 8.59. The first-order chi connectivity index (χ1) is 15.8. The molecule has 0 aliphatic heterocycles. The fourth-order valence-electron chi connectivity index (χ4n) is 3.80. The van der Waals surface area contributed by atoms with Crippen molar-refractivity contribution in [3.63, 3.8) is 0 Å². The summed E-state index contributed by atoms with van der Waals surface area (Å²) in [7, 11) is 0. The molecule has 0 aromatic carbocycles. The summed E-state index contributed by atoms with van der Waals surface area (Å²) >= 11 is 0. The first-order valence-corrected chi connectivity index (χ1v) is 10.9. The van der Waals surface area contributed by atoms with E-state index >= 15 is 0 Å². The maximum atomic E-state index is 13.6. The summed E-state index contributed by atoms with van der Waals surface area (Å²) in [5.41, 5.74) is -0.711. The number of carbonyl (C=O) groups excluding carboxylic acids is 1. The average Bonchev–Trinajstić information content (AvgIpc) is 3.74. The third kappa shape index (κ3) is 4.57. The van der Waals surface area contributed by atoms with E-state index in [9.17, 15) is 18.0 Å². The maximum absolute atomic E-state index is 13.6. The lowest BCUT2D eigenvalue weighted by atomic mass is 10.1. The third-order valence-corrected chi connectivity index (χ3v) is 5.95. The minimum absolute atomic E-state index is 0.00579. The molecule has 2 saturated carbocycles. The fraction of sp³-hybridized carbons (Fsp3) is 0.455. The Morgan fingerprint density at radius 3 is 2.52 bits per heavy atom. The molecule has 1 atom stereocenters. The van der Waals surface area contributed by atoms with E-state index in [-0.39, 0.29) is 11.5 Å². The number of alkyl halides is 3. The Hall–Kier alpha value is -3.37. The molecule has 8 nitrogen and oxygen atoms in total. The molecule has 3 aromatic rings. The summed E-state index contributed by atoms with van der Waals surface area (Å²) < 4.78 is 42.0. The Balaban J connectivity index is 1.51. The number of hydrogen-bond acceptors (Lipinski definition) is 6. The van der Waals surface area contributed by atoms with Crippen molar-refractivity contribution in [1.82, 2.24) is 34.6 Å². The van der Waals surface area contributed by atoms with E-state index in [0.29, 0.717) is 29.9 Å². The van der Waals surface area contributed by atoms with Crippen LogP contribution >= 0.6 is 0 Å². The molecule has 3 heterocycles. The highest BCUT2D eigenvalue weighted by molar-refractivity contribution is 5.94. The minimum Gasteiger partial charge on any atom is -0.328 e. The van der Waals surface area contributed by atoms with Gasteiger partial charge < -0.3 is 4.90 Å². The maximum Gasteiger partial charge on any atom is 0.433 e. The largest absolute Gasteiger partial charge is 0.433 e. The van der Waals surface area contributed by atoms with Crippen LogP contribution in [0.25, 0.3) is 5.95 Å². The number of pyridine rings is 1. The molecule has 0 N–H and O–H groups in total. The molecule has 33 heavy (non-hydrogen) atoms. The van der Waals surface area contributed by atoms with Gasteiger partial charge in [0.2, 0.25) is 0 Å². The number of nitrogens with zero attached hydrogens (tertiary/aromatic N) is 7. The van der Waals surface area contributed by atoms with Gasteiger partial charge in [0.1, 0.15) is 12.0 Å². The second kappa shape index (κ2) is 8.20. The SMILES string of the molecule is CC(c1ncnn1-c1ncccn1)N(CC1CC1)C(=O)c1cc(C2CC2)nc(C(F)(F)F)c1. The van der Waals surface area contributed by atoms with Gasteiger partial charge in [0.25, 0.3) is 11.9 Å². The highest BCUT2D eigenvalue weighted by Crippen LogP contribution is 2.41. The Bertz CT molecular complexity index is 1160. The van der Waals surface area contributed by atoms with Crippen LogP contribution in [0, 0.1) is 5.92 Å². The Kier molecular flexibility index (Phi) is 5.34. The van der Waals surface area contributed by atoms with Gasteiger partial charge in [0.15, 0.2) is 5.82 Å². The summed E-state index contributed by atoms with van der Waals surface area (Å²) in [6.45, 7) is 2.21. The second-order valence-electron chi connectivity index (χ2n) is 8.59. The average molecular weight is 457 g/mol. The Morgan fingerprint density at radius 1 is 1.15 bits per heavy atom. The van der Waals surface area contributed by atoms with Crippen LogP contribution in [0.15, 0.2) is 36.9 Å². The van der Waals surface area contributed by atoms with Crippen LogP contribution in [0.2, 0.25) is 0 Å². The van der Waals surface area contributed by atoms with E-state index in [1.165, 1.54) is 17.1 Å². The molecule has 0 radical (unpaired) electrons. The Labute approximate surface area is 187 Å². The minimum atomic E-state index is -4.63. The highest BCUT2D eigenvalue weighted by atomic mass is 19.4. The van der Waals surface area contributed by atoms with Gasteiger partial charge in [-0.2, -0.15) is 23.0 Å². The first-order valence-electron chi connectivity index (χ1n) is 10.9. The van der Waals surface area contributed by atoms with Crippen molar-refractivity contribution >= 4 is 5.91 Å². The summed E-state index contributed by atoms with van der Waals surface area (Å²) in [5.74, 6) is 0.546. The molecule has 0 bridgehead atoms. The lowest BCUT2D eigenvalue weighted by molar-refractivity contribution is -0.141. The van der Waals surface area contributed by atoms with Crippen molar-refractivity contribution in [1.29, 1.82) is 0 Å². The number of halogens is 3. The molecule has 11 heteroatoms. The van der Waals surface area contributed by atoms with Gasteiger partial charge in [0.05, 0.1) is 6.04 Å². The van der Waals surface area contributed by atoms with Crippen LogP contribution in [0.1, 0.15) is 72.1 Å². The monoisotopic (exact) mass is 457 g/mol. The normalized spacial score (nSPS) is 17.1. The zero-order valence-electron chi connectivity index (χ0n) is 17.9. The molecule has 3 aromatic heterocycles. The smallest absolute Gasteiger partial charge is 0.328 e. The van der Waals surface area contributed by atoms with Crippen LogP contribution < -0.4 is 0 Å². The van der Waals surface area contributed by atoms with Crippen LogP contribution in [-0.4, -0.2) is 47.1 Å². The first kappa shape index (κ1) is 21.5. The third-order valence-electron chi connectivity index (χ3n) is 5.95. The number of aromatic nitrogens is 6. The molecule has 0 saturated heterocycles. The predicted octanol–water partition coefficient (Wildman–Crippen LogP) is 3.96. The molecule has 2 aliphatic carbocycles. The topological polar surface area (TPSA) is 89.7 Å². The van der Waals surface area contributed by atoms with Gasteiger partial charge in [-0.15, -0.1) is 0 Å². The van der Waals surface area contributed by atoms with E-state index in [1.807, 2.05) is 0 Å². The molecule has 1 unspecified atom stereocenters. The summed E-state index contributed by atoms with van der Waals surface area (Å²) in [4.78, 5) is 31.7. The lowest BCUT2D eigenvalue weighted by Crippen LogP contribution is -2.37. The molecular weight excluding hydrogens is 435 g/mol. The van der Waals surface area contributed by atoms with Crippen LogP contribution in [-0.2, 0) is 6.18 Å². The van der Waals surface area contributed by atoms with E-state index < -0.39 is 23.8 Å². The quantitative estimate of drug-likeness (QED) is 0.534. The number of amides is 1. The van der Waals surface area contributed by atoms with Crippen LogP contribution in [0.5, 0.6) is 0 Å². The molecule has 0 spiro atoms. The van der Waals surface area contributed by atoms with Crippen molar-refractivity contribution in [3.05, 3.63) is 59.7 Å². The number of rotatable bonds is 7. The van der Waals surface area contributed by atoms with Crippen LogP contribution in [0.4, 0.5) is 13.2 Å². The van der Waals surface area contributed by atoms with E-state index in [1.54, 1.807) is 30.3 Å². The van der Waals surface area contributed by atoms with Gasteiger partial charge in [-0.25, -0.2) is 19.9 Å². The van der Waals surface area contributed by atoms with Crippen molar-refractivity contribution in [3.8, 4) is 5.95 Å².